The second-order valence-corrected chi connectivity index (χ2v) is 5.95. The molecule has 1 fully saturated rings. The van der Waals surface area contributed by atoms with Gasteiger partial charge in [-0.2, -0.15) is 0 Å². The first kappa shape index (κ1) is 14.5. The van der Waals surface area contributed by atoms with Crippen molar-refractivity contribution in [1.29, 1.82) is 0 Å². The first-order valence-corrected chi connectivity index (χ1v) is 7.30. The Labute approximate surface area is 115 Å². The van der Waals surface area contributed by atoms with E-state index in [-0.39, 0.29) is 5.82 Å². The van der Waals surface area contributed by atoms with Crippen LogP contribution in [0.5, 0.6) is 0 Å². The Morgan fingerprint density at radius 1 is 1.11 bits per heavy atom. The minimum atomic E-state index is -0.161. The lowest BCUT2D eigenvalue weighted by Crippen LogP contribution is -2.29. The van der Waals surface area contributed by atoms with Crippen LogP contribution in [-0.4, -0.2) is 25.0 Å². The van der Waals surface area contributed by atoms with Crippen molar-refractivity contribution in [2.45, 2.75) is 32.2 Å². The third-order valence-corrected chi connectivity index (χ3v) is 4.24. The topological polar surface area (TPSA) is 29.3 Å². The molecule has 0 spiro atoms. The van der Waals surface area contributed by atoms with Crippen molar-refractivity contribution in [2.75, 3.05) is 20.1 Å². The van der Waals surface area contributed by atoms with E-state index in [1.165, 1.54) is 43.4 Å². The van der Waals surface area contributed by atoms with Gasteiger partial charge < -0.3 is 10.6 Å². The lowest BCUT2D eigenvalue weighted by molar-refractivity contribution is 0.201. The molecule has 0 radical (unpaired) electrons. The van der Waals surface area contributed by atoms with Crippen LogP contribution in [0.3, 0.4) is 0 Å². The Bertz CT molecular complexity index is 369. The zero-order chi connectivity index (χ0) is 13.7. The average Bonchev–Trinajstić information content (AvgIpc) is 2.42. The standard InChI is InChI=1S/C16H25FN2/c1-19(12-15-6-8-16(17)9-7-15)11-14-4-2-13(10-18)3-5-14/h6-9,13-14H,2-5,10-12,18H2,1H3. The average molecular weight is 264 g/mol. The summed E-state index contributed by atoms with van der Waals surface area (Å²) < 4.78 is 12.8. The minimum Gasteiger partial charge on any atom is -0.330 e. The lowest BCUT2D eigenvalue weighted by atomic mass is 9.82. The van der Waals surface area contributed by atoms with E-state index in [9.17, 15) is 4.39 Å². The molecule has 0 saturated heterocycles. The highest BCUT2D eigenvalue weighted by Crippen LogP contribution is 2.28. The zero-order valence-corrected chi connectivity index (χ0v) is 11.8. The number of nitrogens with two attached hydrogens (primary N) is 1. The molecule has 0 unspecified atom stereocenters. The summed E-state index contributed by atoms with van der Waals surface area (Å²) in [5.41, 5.74) is 6.90. The first-order chi connectivity index (χ1) is 9.17. The molecule has 1 aliphatic rings. The summed E-state index contributed by atoms with van der Waals surface area (Å²) in [6.07, 6.45) is 5.17. The molecule has 2 nitrogen and oxygen atoms in total. The monoisotopic (exact) mass is 264 g/mol. The van der Waals surface area contributed by atoms with Crippen LogP contribution in [-0.2, 0) is 6.54 Å². The molecule has 3 heteroatoms. The number of nitrogens with zero attached hydrogens (tertiary/aromatic N) is 1. The van der Waals surface area contributed by atoms with Gasteiger partial charge in [0.25, 0.3) is 0 Å². The van der Waals surface area contributed by atoms with E-state index in [2.05, 4.69) is 11.9 Å². The molecular formula is C16H25FN2. The van der Waals surface area contributed by atoms with Crippen molar-refractivity contribution in [2.24, 2.45) is 17.6 Å². The van der Waals surface area contributed by atoms with Crippen LogP contribution >= 0.6 is 0 Å². The van der Waals surface area contributed by atoms with E-state index >= 15 is 0 Å². The smallest absolute Gasteiger partial charge is 0.123 e. The molecule has 2 N–H and O–H groups in total. The van der Waals surface area contributed by atoms with Crippen molar-refractivity contribution in [3.8, 4) is 0 Å². The van der Waals surface area contributed by atoms with E-state index in [0.29, 0.717) is 0 Å². The van der Waals surface area contributed by atoms with Gasteiger partial charge >= 0.3 is 0 Å². The van der Waals surface area contributed by atoms with Crippen LogP contribution in [0, 0.1) is 17.7 Å². The first-order valence-electron chi connectivity index (χ1n) is 7.30. The maximum atomic E-state index is 12.8. The van der Waals surface area contributed by atoms with E-state index in [1.54, 1.807) is 0 Å². The number of hydrogen-bond acceptors (Lipinski definition) is 2. The molecule has 0 aliphatic heterocycles. The molecule has 2 rings (SSSR count). The van der Waals surface area contributed by atoms with Gasteiger partial charge in [0.15, 0.2) is 0 Å². The fraction of sp³-hybridized carbons (Fsp3) is 0.625. The summed E-state index contributed by atoms with van der Waals surface area (Å²) in [6, 6.07) is 6.82. The van der Waals surface area contributed by atoms with Crippen LogP contribution in [0.4, 0.5) is 4.39 Å². The molecule has 1 aromatic carbocycles. The fourth-order valence-corrected chi connectivity index (χ4v) is 3.06. The van der Waals surface area contributed by atoms with Gasteiger partial charge in [-0.3, -0.25) is 0 Å². The highest BCUT2D eigenvalue weighted by molar-refractivity contribution is 5.15. The van der Waals surface area contributed by atoms with Gasteiger partial charge in [-0.15, -0.1) is 0 Å². The van der Waals surface area contributed by atoms with Gasteiger partial charge in [-0.05, 0) is 68.8 Å². The summed E-state index contributed by atoms with van der Waals surface area (Å²) in [4.78, 5) is 2.35. The van der Waals surface area contributed by atoms with Crippen LogP contribution in [0.25, 0.3) is 0 Å². The number of halogens is 1. The molecule has 0 atom stereocenters. The summed E-state index contributed by atoms with van der Waals surface area (Å²) in [5.74, 6) is 1.39. The Morgan fingerprint density at radius 3 is 2.26 bits per heavy atom. The molecule has 1 saturated carbocycles. The quantitative estimate of drug-likeness (QED) is 0.885. The lowest BCUT2D eigenvalue weighted by Gasteiger charge is -2.30. The SMILES string of the molecule is CN(Cc1ccc(F)cc1)CC1CCC(CN)CC1. The Hall–Kier alpha value is -0.930. The third-order valence-electron chi connectivity index (χ3n) is 4.24. The minimum absolute atomic E-state index is 0.161. The largest absolute Gasteiger partial charge is 0.330 e. The van der Waals surface area contributed by atoms with Crippen molar-refractivity contribution in [3.63, 3.8) is 0 Å². The zero-order valence-electron chi connectivity index (χ0n) is 11.8. The molecule has 1 aliphatic carbocycles. The highest BCUT2D eigenvalue weighted by Gasteiger charge is 2.21. The van der Waals surface area contributed by atoms with Gasteiger partial charge in [0, 0.05) is 13.1 Å². The predicted molar refractivity (Wildman–Crippen MR) is 77.2 cm³/mol. The Morgan fingerprint density at radius 2 is 1.68 bits per heavy atom. The van der Waals surface area contributed by atoms with Crippen LogP contribution in [0.1, 0.15) is 31.2 Å². The number of hydrogen-bond donors (Lipinski definition) is 1. The molecular weight excluding hydrogens is 239 g/mol. The van der Waals surface area contributed by atoms with Gasteiger partial charge in [0.05, 0.1) is 0 Å². The maximum Gasteiger partial charge on any atom is 0.123 e. The van der Waals surface area contributed by atoms with Crippen LogP contribution < -0.4 is 5.73 Å². The van der Waals surface area contributed by atoms with E-state index in [1.807, 2.05) is 12.1 Å². The summed E-state index contributed by atoms with van der Waals surface area (Å²) in [6.45, 7) is 2.88. The highest BCUT2D eigenvalue weighted by atomic mass is 19.1. The van der Waals surface area contributed by atoms with Gasteiger partial charge in [-0.1, -0.05) is 12.1 Å². The van der Waals surface area contributed by atoms with Crippen molar-refractivity contribution >= 4 is 0 Å². The van der Waals surface area contributed by atoms with Crippen molar-refractivity contribution < 1.29 is 4.39 Å². The van der Waals surface area contributed by atoms with E-state index < -0.39 is 0 Å². The molecule has 106 valence electrons. The van der Waals surface area contributed by atoms with Crippen molar-refractivity contribution in [3.05, 3.63) is 35.6 Å². The number of rotatable bonds is 5. The van der Waals surface area contributed by atoms with Gasteiger partial charge in [-0.25, -0.2) is 4.39 Å². The molecule has 1 aromatic rings. The predicted octanol–water partition coefficient (Wildman–Crippen LogP) is 3.02. The third kappa shape index (κ3) is 4.59. The molecule has 19 heavy (non-hydrogen) atoms. The normalized spacial score (nSPS) is 23.8. The molecule has 0 heterocycles. The maximum absolute atomic E-state index is 12.8. The fourth-order valence-electron chi connectivity index (χ4n) is 3.06. The number of benzene rings is 1. The summed E-state index contributed by atoms with van der Waals surface area (Å²) in [5, 5.41) is 0. The molecule has 0 bridgehead atoms. The molecule has 0 aromatic heterocycles. The van der Waals surface area contributed by atoms with Crippen molar-refractivity contribution in [1.82, 2.24) is 4.90 Å². The Kier molecular flexibility index (Phi) is 5.34. The Balaban J connectivity index is 1.75. The van der Waals surface area contributed by atoms with Gasteiger partial charge in [0.2, 0.25) is 0 Å². The summed E-state index contributed by atoms with van der Waals surface area (Å²) >= 11 is 0. The van der Waals surface area contributed by atoms with E-state index in [4.69, 9.17) is 5.73 Å². The van der Waals surface area contributed by atoms with Gasteiger partial charge in [0.1, 0.15) is 5.82 Å². The second kappa shape index (κ2) is 7.01. The second-order valence-electron chi connectivity index (χ2n) is 5.95. The van der Waals surface area contributed by atoms with Crippen LogP contribution in [0.2, 0.25) is 0 Å². The van der Waals surface area contributed by atoms with Crippen LogP contribution in [0.15, 0.2) is 24.3 Å². The molecule has 0 amide bonds. The summed E-state index contributed by atoms with van der Waals surface area (Å²) in [7, 11) is 2.15. The van der Waals surface area contributed by atoms with E-state index in [0.717, 1.165) is 31.5 Å².